The van der Waals surface area contributed by atoms with E-state index in [1.807, 2.05) is 29.2 Å². The minimum atomic E-state index is -0.410. The maximum absolute atomic E-state index is 13.1. The molecule has 0 spiro atoms. The second kappa shape index (κ2) is 5.98. The molecule has 0 radical (unpaired) electrons. The van der Waals surface area contributed by atoms with Crippen molar-refractivity contribution in [3.05, 3.63) is 34.9 Å². The van der Waals surface area contributed by atoms with Crippen LogP contribution in [-0.2, 0) is 10.2 Å². The zero-order valence-electron chi connectivity index (χ0n) is 12.2. The van der Waals surface area contributed by atoms with E-state index in [0.717, 1.165) is 31.2 Å². The van der Waals surface area contributed by atoms with Gasteiger partial charge in [0.05, 0.1) is 11.5 Å². The summed E-state index contributed by atoms with van der Waals surface area (Å²) in [6, 6.07) is 7.74. The first kappa shape index (κ1) is 14.9. The van der Waals surface area contributed by atoms with Gasteiger partial charge in [0, 0.05) is 18.1 Å². The lowest BCUT2D eigenvalue weighted by molar-refractivity contribution is -0.138. The van der Waals surface area contributed by atoms with Crippen LogP contribution in [0, 0.1) is 0 Å². The molecule has 1 aliphatic carbocycles. The number of benzene rings is 1. The number of β-amino-alcohol motifs (C(OH)–C–C–N with tert-alkyl or cyclic N) is 1. The van der Waals surface area contributed by atoms with Gasteiger partial charge in [0.15, 0.2) is 0 Å². The fraction of sp³-hybridized carbons (Fsp3) is 0.588. The molecule has 1 aromatic rings. The molecule has 2 aliphatic rings. The van der Waals surface area contributed by atoms with Crippen LogP contribution in [0.15, 0.2) is 24.3 Å². The molecule has 0 aromatic heterocycles. The summed E-state index contributed by atoms with van der Waals surface area (Å²) in [5.41, 5.74) is 0.672. The predicted octanol–water partition coefficient (Wildman–Crippen LogP) is 3.14. The summed E-state index contributed by atoms with van der Waals surface area (Å²) in [5, 5.41) is 10.4. The molecule has 2 fully saturated rings. The van der Waals surface area contributed by atoms with Crippen LogP contribution in [0.1, 0.15) is 44.1 Å². The highest BCUT2D eigenvalue weighted by Gasteiger charge is 2.44. The van der Waals surface area contributed by atoms with Gasteiger partial charge in [0.1, 0.15) is 0 Å². The monoisotopic (exact) mass is 307 g/mol. The molecule has 3 rings (SSSR count). The van der Waals surface area contributed by atoms with E-state index in [9.17, 15) is 9.90 Å². The van der Waals surface area contributed by atoms with Crippen molar-refractivity contribution in [2.45, 2.75) is 50.0 Å². The van der Waals surface area contributed by atoms with Crippen LogP contribution < -0.4 is 0 Å². The lowest BCUT2D eigenvalue weighted by Gasteiger charge is -2.39. The van der Waals surface area contributed by atoms with E-state index in [1.165, 1.54) is 6.42 Å². The van der Waals surface area contributed by atoms with Gasteiger partial charge < -0.3 is 10.0 Å². The van der Waals surface area contributed by atoms with Gasteiger partial charge in [-0.2, -0.15) is 0 Å². The van der Waals surface area contributed by atoms with E-state index >= 15 is 0 Å². The Kier molecular flexibility index (Phi) is 4.23. The van der Waals surface area contributed by atoms with Gasteiger partial charge in [-0.05, 0) is 37.0 Å². The van der Waals surface area contributed by atoms with Gasteiger partial charge in [0.2, 0.25) is 5.91 Å². The average Bonchev–Trinajstić information content (AvgIpc) is 2.94. The summed E-state index contributed by atoms with van der Waals surface area (Å²) < 4.78 is 0. The van der Waals surface area contributed by atoms with Gasteiger partial charge in [-0.25, -0.2) is 0 Å². The van der Waals surface area contributed by atoms with Crippen molar-refractivity contribution in [2.24, 2.45) is 0 Å². The lowest BCUT2D eigenvalue weighted by Crippen LogP contribution is -2.47. The number of aliphatic hydroxyl groups is 1. The molecule has 21 heavy (non-hydrogen) atoms. The topological polar surface area (TPSA) is 40.5 Å². The van der Waals surface area contributed by atoms with Crippen LogP contribution in [0.2, 0.25) is 5.02 Å². The van der Waals surface area contributed by atoms with Crippen molar-refractivity contribution in [1.29, 1.82) is 0 Å². The van der Waals surface area contributed by atoms with Crippen LogP contribution in [0.4, 0.5) is 0 Å². The summed E-state index contributed by atoms with van der Waals surface area (Å²) >= 11 is 5.99. The Bertz CT molecular complexity index is 508. The standard InChI is InChI=1S/C17H22ClNO2/c18-14-6-4-13(5-7-14)17(9-2-1-3-10-17)16(21)19-11-8-15(20)12-19/h4-7,15,20H,1-3,8-12H2/t15-/m1/s1. The van der Waals surface area contributed by atoms with Gasteiger partial charge in [-0.1, -0.05) is 43.0 Å². The van der Waals surface area contributed by atoms with Crippen LogP contribution in [0.3, 0.4) is 0 Å². The van der Waals surface area contributed by atoms with E-state index < -0.39 is 5.41 Å². The minimum Gasteiger partial charge on any atom is -0.391 e. The maximum Gasteiger partial charge on any atom is 0.233 e. The Balaban J connectivity index is 1.92. The van der Waals surface area contributed by atoms with E-state index in [4.69, 9.17) is 11.6 Å². The smallest absolute Gasteiger partial charge is 0.233 e. The van der Waals surface area contributed by atoms with Gasteiger partial charge >= 0.3 is 0 Å². The number of nitrogens with zero attached hydrogens (tertiary/aromatic N) is 1. The molecule has 1 aliphatic heterocycles. The molecular formula is C17H22ClNO2. The van der Waals surface area contributed by atoms with Crippen LogP contribution >= 0.6 is 11.6 Å². The lowest BCUT2D eigenvalue weighted by atomic mass is 9.68. The predicted molar refractivity (Wildman–Crippen MR) is 83.4 cm³/mol. The second-order valence-corrected chi connectivity index (χ2v) is 6.78. The number of hydrogen-bond acceptors (Lipinski definition) is 2. The largest absolute Gasteiger partial charge is 0.391 e. The number of amides is 1. The number of hydrogen-bond donors (Lipinski definition) is 1. The van der Waals surface area contributed by atoms with Gasteiger partial charge in [-0.15, -0.1) is 0 Å². The Hall–Kier alpha value is -1.06. The summed E-state index contributed by atoms with van der Waals surface area (Å²) in [6.45, 7) is 1.16. The molecule has 3 nitrogen and oxygen atoms in total. The number of aliphatic hydroxyl groups excluding tert-OH is 1. The third-order valence-corrected chi connectivity index (χ3v) is 5.22. The van der Waals surface area contributed by atoms with Crippen molar-refractivity contribution in [1.82, 2.24) is 4.90 Å². The molecule has 1 atom stereocenters. The Morgan fingerprint density at radius 3 is 2.43 bits per heavy atom. The molecule has 1 aromatic carbocycles. The Morgan fingerprint density at radius 2 is 1.86 bits per heavy atom. The third-order valence-electron chi connectivity index (χ3n) is 4.96. The fourth-order valence-corrected chi connectivity index (χ4v) is 3.91. The number of rotatable bonds is 2. The molecule has 1 N–H and O–H groups in total. The normalized spacial score (nSPS) is 25.0. The maximum atomic E-state index is 13.1. The number of carbonyl (C=O) groups is 1. The summed E-state index contributed by atoms with van der Waals surface area (Å²) in [7, 11) is 0. The van der Waals surface area contributed by atoms with E-state index in [0.29, 0.717) is 24.5 Å². The van der Waals surface area contributed by atoms with Crippen molar-refractivity contribution in [3.63, 3.8) is 0 Å². The Labute approximate surface area is 130 Å². The molecule has 114 valence electrons. The van der Waals surface area contributed by atoms with Crippen molar-refractivity contribution in [3.8, 4) is 0 Å². The van der Waals surface area contributed by atoms with Crippen LogP contribution in [-0.4, -0.2) is 35.1 Å². The van der Waals surface area contributed by atoms with Crippen LogP contribution in [0.25, 0.3) is 0 Å². The molecule has 1 heterocycles. The molecular weight excluding hydrogens is 286 g/mol. The zero-order valence-corrected chi connectivity index (χ0v) is 13.0. The molecule has 0 unspecified atom stereocenters. The summed E-state index contributed by atoms with van der Waals surface area (Å²) in [6.07, 6.45) is 5.52. The zero-order chi connectivity index (χ0) is 14.9. The fourth-order valence-electron chi connectivity index (χ4n) is 3.78. The Morgan fingerprint density at radius 1 is 1.19 bits per heavy atom. The average molecular weight is 308 g/mol. The summed E-state index contributed by atoms with van der Waals surface area (Å²) in [5.74, 6) is 0.195. The number of halogens is 1. The molecule has 1 amide bonds. The second-order valence-electron chi connectivity index (χ2n) is 6.34. The molecule has 0 bridgehead atoms. The highest BCUT2D eigenvalue weighted by Crippen LogP contribution is 2.42. The molecule has 4 heteroatoms. The van der Waals surface area contributed by atoms with Crippen molar-refractivity contribution in [2.75, 3.05) is 13.1 Å². The van der Waals surface area contributed by atoms with E-state index in [1.54, 1.807) is 0 Å². The van der Waals surface area contributed by atoms with Gasteiger partial charge in [0.25, 0.3) is 0 Å². The minimum absolute atomic E-state index is 0.195. The summed E-state index contributed by atoms with van der Waals surface area (Å²) in [4.78, 5) is 15.0. The van der Waals surface area contributed by atoms with E-state index in [2.05, 4.69) is 0 Å². The van der Waals surface area contributed by atoms with Crippen molar-refractivity contribution >= 4 is 17.5 Å². The quantitative estimate of drug-likeness (QED) is 0.912. The first-order chi connectivity index (χ1) is 10.1. The SMILES string of the molecule is O=C(N1CC[C@@H](O)C1)C1(c2ccc(Cl)cc2)CCCCC1. The number of likely N-dealkylation sites (tertiary alicyclic amines) is 1. The first-order valence-electron chi connectivity index (χ1n) is 7.85. The van der Waals surface area contributed by atoms with E-state index in [-0.39, 0.29) is 12.0 Å². The van der Waals surface area contributed by atoms with Crippen LogP contribution in [0.5, 0.6) is 0 Å². The van der Waals surface area contributed by atoms with Gasteiger partial charge in [-0.3, -0.25) is 4.79 Å². The van der Waals surface area contributed by atoms with Crippen molar-refractivity contribution < 1.29 is 9.90 Å². The number of carbonyl (C=O) groups excluding carboxylic acids is 1. The highest BCUT2D eigenvalue weighted by molar-refractivity contribution is 6.30. The molecule has 1 saturated carbocycles. The highest BCUT2D eigenvalue weighted by atomic mass is 35.5. The molecule has 1 saturated heterocycles. The third kappa shape index (κ3) is 2.82. The first-order valence-corrected chi connectivity index (χ1v) is 8.23.